The van der Waals surface area contributed by atoms with Crippen LogP contribution in [-0.2, 0) is 4.79 Å². The van der Waals surface area contributed by atoms with Gasteiger partial charge in [-0.2, -0.15) is 0 Å². The number of ether oxygens (including phenoxy) is 1. The summed E-state index contributed by atoms with van der Waals surface area (Å²) in [4.78, 5) is 23.6. The maximum atomic E-state index is 13.8. The van der Waals surface area contributed by atoms with Gasteiger partial charge in [0.05, 0.1) is 7.11 Å². The molecular formula is C14H15F2NO4. The second-order valence-corrected chi connectivity index (χ2v) is 4.99. The molecule has 0 heterocycles. The molecule has 21 heavy (non-hydrogen) atoms. The molecule has 1 aromatic rings. The average Bonchev–Trinajstić information content (AvgIpc) is 2.91. The van der Waals surface area contributed by atoms with E-state index in [-0.39, 0.29) is 18.6 Å². The van der Waals surface area contributed by atoms with Crippen LogP contribution >= 0.6 is 0 Å². The van der Waals surface area contributed by atoms with E-state index in [9.17, 15) is 23.5 Å². The van der Waals surface area contributed by atoms with E-state index in [1.807, 2.05) is 0 Å². The lowest BCUT2D eigenvalue weighted by molar-refractivity contribution is -0.144. The van der Waals surface area contributed by atoms with Crippen LogP contribution in [0.5, 0.6) is 5.75 Å². The molecule has 0 aliphatic heterocycles. The maximum Gasteiger partial charge on any atom is 0.329 e. The Hall–Kier alpha value is -2.18. The molecule has 1 aromatic carbocycles. The first-order valence-electron chi connectivity index (χ1n) is 6.49. The van der Waals surface area contributed by atoms with Gasteiger partial charge in [-0.05, 0) is 25.0 Å². The number of methoxy groups -OCH3 is 1. The normalized spacial score (nSPS) is 16.5. The van der Waals surface area contributed by atoms with Crippen molar-refractivity contribution >= 4 is 11.9 Å². The highest BCUT2D eigenvalue weighted by atomic mass is 19.2. The first-order valence-corrected chi connectivity index (χ1v) is 6.49. The van der Waals surface area contributed by atoms with Gasteiger partial charge in [0.25, 0.3) is 5.91 Å². The molecule has 0 saturated heterocycles. The van der Waals surface area contributed by atoms with Crippen LogP contribution < -0.4 is 10.1 Å². The van der Waals surface area contributed by atoms with Crippen molar-refractivity contribution in [2.45, 2.75) is 31.2 Å². The second-order valence-electron chi connectivity index (χ2n) is 4.99. The van der Waals surface area contributed by atoms with E-state index in [0.717, 1.165) is 12.1 Å². The minimum absolute atomic E-state index is 0.148. The molecule has 1 saturated carbocycles. The van der Waals surface area contributed by atoms with Gasteiger partial charge >= 0.3 is 5.97 Å². The van der Waals surface area contributed by atoms with E-state index in [2.05, 4.69) is 5.32 Å². The third-order valence-electron chi connectivity index (χ3n) is 3.72. The molecule has 0 aromatic heterocycles. The fourth-order valence-electron chi connectivity index (χ4n) is 2.57. The van der Waals surface area contributed by atoms with Gasteiger partial charge in [0, 0.05) is 0 Å². The van der Waals surface area contributed by atoms with Crippen molar-refractivity contribution in [3.8, 4) is 5.75 Å². The first kappa shape index (κ1) is 15.2. The Morgan fingerprint density at radius 1 is 1.29 bits per heavy atom. The van der Waals surface area contributed by atoms with Crippen LogP contribution in [0.25, 0.3) is 0 Å². The minimum atomic E-state index is -1.43. The number of benzene rings is 1. The van der Waals surface area contributed by atoms with Crippen molar-refractivity contribution in [2.24, 2.45) is 0 Å². The molecular weight excluding hydrogens is 284 g/mol. The van der Waals surface area contributed by atoms with Crippen molar-refractivity contribution in [1.82, 2.24) is 5.32 Å². The van der Waals surface area contributed by atoms with Crippen LogP contribution in [0.1, 0.15) is 36.0 Å². The lowest BCUT2D eigenvalue weighted by atomic mass is 9.97. The molecule has 114 valence electrons. The average molecular weight is 299 g/mol. The molecule has 7 heteroatoms. The van der Waals surface area contributed by atoms with Crippen LogP contribution in [0.3, 0.4) is 0 Å². The van der Waals surface area contributed by atoms with Crippen LogP contribution in [0.2, 0.25) is 0 Å². The third kappa shape index (κ3) is 2.68. The van der Waals surface area contributed by atoms with Gasteiger partial charge in [0.15, 0.2) is 11.6 Å². The van der Waals surface area contributed by atoms with E-state index >= 15 is 0 Å². The van der Waals surface area contributed by atoms with Gasteiger partial charge < -0.3 is 15.2 Å². The van der Waals surface area contributed by atoms with Gasteiger partial charge in [-0.25, -0.2) is 13.6 Å². The highest BCUT2D eigenvalue weighted by Crippen LogP contribution is 2.31. The number of halogens is 2. The number of hydrogen-bond donors (Lipinski definition) is 2. The summed E-state index contributed by atoms with van der Waals surface area (Å²) in [7, 11) is 1.21. The molecule has 0 unspecified atom stereocenters. The summed E-state index contributed by atoms with van der Waals surface area (Å²) in [5.41, 5.74) is -2.05. The Balaban J connectivity index is 2.36. The molecule has 1 amide bonds. The fraction of sp³-hybridized carbons (Fsp3) is 0.429. The second kappa shape index (κ2) is 5.67. The number of carboxylic acids is 1. The monoisotopic (exact) mass is 299 g/mol. The highest BCUT2D eigenvalue weighted by Gasteiger charge is 2.43. The van der Waals surface area contributed by atoms with Gasteiger partial charge in [-0.1, -0.05) is 12.8 Å². The predicted molar refractivity (Wildman–Crippen MR) is 69.2 cm³/mol. The van der Waals surface area contributed by atoms with E-state index in [1.165, 1.54) is 7.11 Å². The smallest absolute Gasteiger partial charge is 0.329 e. The molecule has 0 spiro atoms. The van der Waals surface area contributed by atoms with E-state index in [0.29, 0.717) is 12.8 Å². The summed E-state index contributed by atoms with van der Waals surface area (Å²) in [5.74, 6) is -4.87. The lowest BCUT2D eigenvalue weighted by Crippen LogP contribution is -2.52. The predicted octanol–water partition coefficient (Wildman–Crippen LogP) is 2.10. The highest BCUT2D eigenvalue weighted by molar-refractivity contribution is 6.00. The molecule has 0 radical (unpaired) electrons. The molecule has 1 aliphatic carbocycles. The number of carbonyl (C=O) groups is 2. The van der Waals surface area contributed by atoms with E-state index < -0.39 is 34.6 Å². The number of carboxylic acid groups (broad SMARTS) is 1. The molecule has 1 fully saturated rings. The van der Waals surface area contributed by atoms with E-state index in [1.54, 1.807) is 0 Å². The van der Waals surface area contributed by atoms with Crippen LogP contribution in [-0.4, -0.2) is 29.6 Å². The largest absolute Gasteiger partial charge is 0.496 e. The van der Waals surface area contributed by atoms with Crippen molar-refractivity contribution in [3.05, 3.63) is 29.3 Å². The number of carbonyl (C=O) groups excluding carboxylic acids is 1. The Morgan fingerprint density at radius 2 is 1.90 bits per heavy atom. The first-order chi connectivity index (χ1) is 9.91. The number of hydrogen-bond acceptors (Lipinski definition) is 3. The summed E-state index contributed by atoms with van der Waals surface area (Å²) < 4.78 is 32.0. The van der Waals surface area contributed by atoms with Crippen molar-refractivity contribution in [2.75, 3.05) is 7.11 Å². The number of nitrogens with one attached hydrogen (secondary N) is 1. The molecule has 2 rings (SSSR count). The summed E-state index contributed by atoms with van der Waals surface area (Å²) in [6.45, 7) is 0. The van der Waals surface area contributed by atoms with Crippen molar-refractivity contribution in [1.29, 1.82) is 0 Å². The Morgan fingerprint density at radius 3 is 2.43 bits per heavy atom. The lowest BCUT2D eigenvalue weighted by Gasteiger charge is -2.25. The van der Waals surface area contributed by atoms with Gasteiger partial charge in [0.2, 0.25) is 0 Å². The van der Waals surface area contributed by atoms with Crippen LogP contribution in [0.4, 0.5) is 8.78 Å². The molecule has 0 bridgehead atoms. The summed E-state index contributed by atoms with van der Waals surface area (Å²) in [5, 5.41) is 11.6. The third-order valence-corrected chi connectivity index (χ3v) is 3.72. The summed E-state index contributed by atoms with van der Waals surface area (Å²) >= 11 is 0. The van der Waals surface area contributed by atoms with Crippen molar-refractivity contribution in [3.63, 3.8) is 0 Å². The van der Waals surface area contributed by atoms with Gasteiger partial charge in [-0.3, -0.25) is 4.79 Å². The summed E-state index contributed by atoms with van der Waals surface area (Å²) in [6.07, 6.45) is 1.81. The number of rotatable bonds is 4. The maximum absolute atomic E-state index is 13.8. The molecule has 5 nitrogen and oxygen atoms in total. The van der Waals surface area contributed by atoms with Crippen LogP contribution in [0, 0.1) is 11.6 Å². The zero-order chi connectivity index (χ0) is 15.6. The Bertz CT molecular complexity index is 583. The number of aliphatic carboxylic acids is 1. The topological polar surface area (TPSA) is 75.6 Å². The minimum Gasteiger partial charge on any atom is -0.496 e. The fourth-order valence-corrected chi connectivity index (χ4v) is 2.57. The molecule has 0 atom stereocenters. The number of amides is 1. The summed E-state index contributed by atoms with van der Waals surface area (Å²) in [6, 6.07) is 1.96. The standard InChI is InChI=1S/C14H15F2NO4/c1-21-9-5-4-8(15)11(16)10(9)12(18)17-14(13(19)20)6-2-3-7-14/h4-5H,2-3,6-7H2,1H3,(H,17,18)(H,19,20). The van der Waals surface area contributed by atoms with Crippen LogP contribution in [0.15, 0.2) is 12.1 Å². The van der Waals surface area contributed by atoms with Gasteiger partial charge in [0.1, 0.15) is 16.9 Å². The van der Waals surface area contributed by atoms with E-state index in [4.69, 9.17) is 4.74 Å². The SMILES string of the molecule is COc1ccc(F)c(F)c1C(=O)NC1(C(=O)O)CCCC1. The molecule has 1 aliphatic rings. The van der Waals surface area contributed by atoms with Gasteiger partial charge in [-0.15, -0.1) is 0 Å². The quantitative estimate of drug-likeness (QED) is 0.892. The Kier molecular flexibility index (Phi) is 4.11. The van der Waals surface area contributed by atoms with Crippen molar-refractivity contribution < 1.29 is 28.2 Å². The molecule has 2 N–H and O–H groups in total. The Labute approximate surface area is 119 Å². The zero-order valence-corrected chi connectivity index (χ0v) is 11.4. The zero-order valence-electron chi connectivity index (χ0n) is 11.4.